The fourth-order valence-electron chi connectivity index (χ4n) is 1.29. The number of hydrogen-bond acceptors (Lipinski definition) is 3. The summed E-state index contributed by atoms with van der Waals surface area (Å²) in [6.45, 7) is 0.639. The smallest absolute Gasteiger partial charge is 0.266 e. The second kappa shape index (κ2) is 5.63. The van der Waals surface area contributed by atoms with Crippen LogP contribution in [-0.2, 0) is 6.54 Å². The van der Waals surface area contributed by atoms with Gasteiger partial charge in [0.25, 0.3) is 5.56 Å². The Balaban J connectivity index is 2.10. The van der Waals surface area contributed by atoms with Gasteiger partial charge < -0.3 is 10.3 Å². The Morgan fingerprint density at radius 2 is 2.06 bits per heavy atom. The number of benzene rings is 1. The number of rotatable bonds is 3. The lowest BCUT2D eigenvalue weighted by Gasteiger charge is -2.06. The molecule has 0 saturated heterocycles. The van der Waals surface area contributed by atoms with E-state index >= 15 is 0 Å². The van der Waals surface area contributed by atoms with Crippen molar-refractivity contribution in [3.05, 3.63) is 54.6 Å². The summed E-state index contributed by atoms with van der Waals surface area (Å²) in [5.41, 5.74) is 1.00. The van der Waals surface area contributed by atoms with E-state index in [0.717, 1.165) is 10.0 Å². The van der Waals surface area contributed by atoms with E-state index in [1.807, 2.05) is 46.9 Å². The molecule has 88 valence electrons. The lowest BCUT2D eigenvalue weighted by molar-refractivity contribution is 1.05. The van der Waals surface area contributed by atoms with Crippen LogP contribution in [0.5, 0.6) is 0 Å². The van der Waals surface area contributed by atoms with E-state index in [0.29, 0.717) is 15.9 Å². The molecular weight excluding hydrogens is 397 g/mol. The van der Waals surface area contributed by atoms with Crippen LogP contribution in [0.15, 0.2) is 39.9 Å². The summed E-state index contributed by atoms with van der Waals surface area (Å²) in [6.07, 6.45) is 1.40. The maximum Gasteiger partial charge on any atom is 0.266 e. The molecule has 0 fully saturated rings. The third kappa shape index (κ3) is 3.29. The second-order valence-corrected chi connectivity index (χ2v) is 5.37. The van der Waals surface area contributed by atoms with Crippen LogP contribution in [0, 0.1) is 3.57 Å². The maximum atomic E-state index is 11.3. The Kier molecular flexibility index (Phi) is 4.16. The molecule has 0 spiro atoms. The number of nitrogens with zero attached hydrogens (tertiary/aromatic N) is 1. The minimum absolute atomic E-state index is 0.126. The molecule has 1 aromatic carbocycles. The van der Waals surface area contributed by atoms with E-state index in [-0.39, 0.29) is 5.56 Å². The van der Waals surface area contributed by atoms with Gasteiger partial charge >= 0.3 is 0 Å². The zero-order valence-corrected chi connectivity index (χ0v) is 12.4. The van der Waals surface area contributed by atoms with E-state index < -0.39 is 0 Å². The van der Waals surface area contributed by atoms with Crippen molar-refractivity contribution in [3.63, 3.8) is 0 Å². The molecule has 6 heteroatoms. The molecule has 0 amide bonds. The second-order valence-electron chi connectivity index (χ2n) is 3.37. The Bertz CT molecular complexity index is 568. The molecule has 0 aliphatic heterocycles. The van der Waals surface area contributed by atoms with Gasteiger partial charge in [-0.1, -0.05) is 28.1 Å². The fourth-order valence-corrected chi connectivity index (χ4v) is 2.04. The van der Waals surface area contributed by atoms with Crippen molar-refractivity contribution in [1.82, 2.24) is 9.97 Å². The zero-order valence-electron chi connectivity index (χ0n) is 8.71. The molecule has 17 heavy (non-hydrogen) atoms. The van der Waals surface area contributed by atoms with Gasteiger partial charge in [0.1, 0.15) is 9.39 Å². The number of aromatic nitrogens is 2. The van der Waals surface area contributed by atoms with Gasteiger partial charge in [0.05, 0.1) is 6.33 Å². The van der Waals surface area contributed by atoms with Crippen LogP contribution in [0.25, 0.3) is 0 Å². The van der Waals surface area contributed by atoms with Gasteiger partial charge in [-0.05, 0) is 40.3 Å². The number of aromatic amines is 1. The molecule has 0 atom stereocenters. The molecule has 0 saturated carbocycles. The first-order valence-electron chi connectivity index (χ1n) is 4.88. The van der Waals surface area contributed by atoms with Gasteiger partial charge in [-0.15, -0.1) is 0 Å². The molecule has 0 aliphatic rings. The summed E-state index contributed by atoms with van der Waals surface area (Å²) < 4.78 is 1.62. The van der Waals surface area contributed by atoms with Crippen LogP contribution in [0.1, 0.15) is 5.56 Å². The Morgan fingerprint density at radius 1 is 1.35 bits per heavy atom. The third-order valence-electron chi connectivity index (χ3n) is 2.17. The molecule has 2 N–H and O–H groups in total. The molecule has 1 heterocycles. The van der Waals surface area contributed by atoms with Crippen LogP contribution < -0.4 is 10.9 Å². The summed E-state index contributed by atoms with van der Waals surface area (Å²) in [5, 5.41) is 3.14. The van der Waals surface area contributed by atoms with Crippen molar-refractivity contribution < 1.29 is 0 Å². The highest BCUT2D eigenvalue weighted by molar-refractivity contribution is 14.1. The lowest BCUT2D eigenvalue weighted by Crippen LogP contribution is -2.14. The van der Waals surface area contributed by atoms with Crippen LogP contribution in [0.4, 0.5) is 5.82 Å². The molecule has 0 radical (unpaired) electrons. The van der Waals surface area contributed by atoms with Crippen LogP contribution in [0.2, 0.25) is 0 Å². The van der Waals surface area contributed by atoms with Gasteiger partial charge in [0.2, 0.25) is 0 Å². The first-order valence-corrected chi connectivity index (χ1v) is 6.75. The van der Waals surface area contributed by atoms with Crippen molar-refractivity contribution >= 4 is 44.3 Å². The van der Waals surface area contributed by atoms with Gasteiger partial charge in [0.15, 0.2) is 0 Å². The molecule has 4 nitrogen and oxygen atoms in total. The number of halogens is 2. The van der Waals surface area contributed by atoms with Crippen LogP contribution in [0.3, 0.4) is 0 Å². The van der Waals surface area contributed by atoms with Gasteiger partial charge in [-0.25, -0.2) is 4.98 Å². The topological polar surface area (TPSA) is 57.8 Å². The van der Waals surface area contributed by atoms with E-state index in [9.17, 15) is 4.79 Å². The molecule has 2 aromatic rings. The minimum Gasteiger partial charge on any atom is -0.365 e. The third-order valence-corrected chi connectivity index (χ3v) is 3.70. The number of nitrogens with one attached hydrogen (secondary N) is 2. The zero-order chi connectivity index (χ0) is 12.3. The average Bonchev–Trinajstić information content (AvgIpc) is 2.33. The number of H-pyrrole nitrogens is 1. The van der Waals surface area contributed by atoms with E-state index in [4.69, 9.17) is 0 Å². The predicted octanol–water partition coefficient (Wildman–Crippen LogP) is 2.75. The van der Waals surface area contributed by atoms with Crippen molar-refractivity contribution in [3.8, 4) is 0 Å². The van der Waals surface area contributed by atoms with Crippen LogP contribution in [-0.4, -0.2) is 9.97 Å². The highest BCUT2D eigenvalue weighted by atomic mass is 127. The molecule has 0 unspecified atom stereocenters. The summed E-state index contributed by atoms with van der Waals surface area (Å²) in [7, 11) is 0. The monoisotopic (exact) mass is 405 g/mol. The van der Waals surface area contributed by atoms with Gasteiger partial charge in [-0.2, -0.15) is 0 Å². The van der Waals surface area contributed by atoms with Crippen LogP contribution >= 0.6 is 38.5 Å². The first-order chi connectivity index (χ1) is 8.16. The molecule has 2 rings (SSSR count). The lowest BCUT2D eigenvalue weighted by atomic mass is 10.2. The summed E-state index contributed by atoms with van der Waals surface area (Å²) in [6, 6.07) is 7.98. The standard InChI is InChI=1S/C11H9BrIN3O/c12-8-3-1-7(2-4-8)5-14-10-9(13)11(17)16-6-15-10/h1-4,6H,5H2,(H2,14,15,16,17). The summed E-state index contributed by atoms with van der Waals surface area (Å²) >= 11 is 5.36. The number of anilines is 1. The van der Waals surface area contributed by atoms with E-state index in [1.165, 1.54) is 6.33 Å². The Labute approximate surface area is 120 Å². The summed E-state index contributed by atoms with van der Waals surface area (Å²) in [5.74, 6) is 0.609. The number of hydrogen-bond donors (Lipinski definition) is 2. The van der Waals surface area contributed by atoms with Gasteiger partial charge in [0, 0.05) is 11.0 Å². The molecule has 0 bridgehead atoms. The summed E-state index contributed by atoms with van der Waals surface area (Å²) in [4.78, 5) is 18.0. The molecule has 1 aromatic heterocycles. The van der Waals surface area contributed by atoms with E-state index in [1.54, 1.807) is 0 Å². The van der Waals surface area contributed by atoms with Crippen molar-refractivity contribution in [2.75, 3.05) is 5.32 Å². The first kappa shape index (κ1) is 12.6. The van der Waals surface area contributed by atoms with E-state index in [2.05, 4.69) is 31.2 Å². The Hall–Kier alpha value is -0.890. The average molecular weight is 406 g/mol. The maximum absolute atomic E-state index is 11.3. The molecular formula is C11H9BrIN3O. The SMILES string of the molecule is O=c1[nH]cnc(NCc2ccc(Br)cc2)c1I. The predicted molar refractivity (Wildman–Crippen MR) is 79.0 cm³/mol. The minimum atomic E-state index is -0.126. The van der Waals surface area contributed by atoms with Crippen molar-refractivity contribution in [2.24, 2.45) is 0 Å². The highest BCUT2D eigenvalue weighted by Crippen LogP contribution is 2.13. The largest absolute Gasteiger partial charge is 0.365 e. The fraction of sp³-hybridized carbons (Fsp3) is 0.0909. The normalized spacial score (nSPS) is 10.2. The quantitative estimate of drug-likeness (QED) is 0.772. The van der Waals surface area contributed by atoms with Crippen molar-refractivity contribution in [1.29, 1.82) is 0 Å². The molecule has 0 aliphatic carbocycles. The van der Waals surface area contributed by atoms with Gasteiger partial charge in [-0.3, -0.25) is 4.79 Å². The van der Waals surface area contributed by atoms with Crippen molar-refractivity contribution in [2.45, 2.75) is 6.54 Å². The Morgan fingerprint density at radius 3 is 2.76 bits per heavy atom. The highest BCUT2D eigenvalue weighted by Gasteiger charge is 2.04.